The molecule has 0 aromatic heterocycles. The molecule has 2 N–H and O–H groups in total. The molecule has 0 radical (unpaired) electrons. The van der Waals surface area contributed by atoms with Crippen LogP contribution in [0.15, 0.2) is 0 Å². The van der Waals surface area contributed by atoms with E-state index in [9.17, 15) is 0 Å². The highest BCUT2D eigenvalue weighted by molar-refractivity contribution is 4.95. The summed E-state index contributed by atoms with van der Waals surface area (Å²) in [7, 11) is 0. The van der Waals surface area contributed by atoms with E-state index in [1.165, 1.54) is 32.1 Å². The van der Waals surface area contributed by atoms with Gasteiger partial charge in [-0.25, -0.2) is 0 Å². The van der Waals surface area contributed by atoms with Gasteiger partial charge in [-0.3, -0.25) is 0 Å². The van der Waals surface area contributed by atoms with Crippen LogP contribution in [0, 0.1) is 11.3 Å². The SMILES string of the molecule is CC1CCCC(OC2CCC(C)(C)C2N)C1. The zero-order valence-corrected chi connectivity index (χ0v) is 11.0. The van der Waals surface area contributed by atoms with Crippen molar-refractivity contribution in [3.8, 4) is 0 Å². The van der Waals surface area contributed by atoms with Gasteiger partial charge >= 0.3 is 0 Å². The zero-order valence-electron chi connectivity index (χ0n) is 11.0. The summed E-state index contributed by atoms with van der Waals surface area (Å²) in [5.74, 6) is 0.837. The monoisotopic (exact) mass is 225 g/mol. The Bertz CT molecular complexity index is 239. The molecule has 94 valence electrons. The molecule has 0 bridgehead atoms. The van der Waals surface area contributed by atoms with Crippen LogP contribution in [0.5, 0.6) is 0 Å². The highest BCUT2D eigenvalue weighted by Crippen LogP contribution is 2.39. The molecular weight excluding hydrogens is 198 g/mol. The quantitative estimate of drug-likeness (QED) is 0.783. The number of ether oxygens (including phenoxy) is 1. The minimum Gasteiger partial charge on any atom is -0.373 e. The molecule has 4 unspecified atom stereocenters. The molecular formula is C14H27NO. The standard InChI is InChI=1S/C14H27NO/c1-10-5-4-6-11(9-10)16-12-7-8-14(2,3)13(12)15/h10-13H,4-9,15H2,1-3H3. The van der Waals surface area contributed by atoms with E-state index in [0.29, 0.717) is 12.2 Å². The average molecular weight is 225 g/mol. The maximum atomic E-state index is 6.28. The molecule has 2 nitrogen and oxygen atoms in total. The second kappa shape index (κ2) is 4.66. The third kappa shape index (κ3) is 2.60. The fourth-order valence-electron chi connectivity index (χ4n) is 3.27. The Balaban J connectivity index is 1.86. The van der Waals surface area contributed by atoms with Crippen LogP contribution in [0.1, 0.15) is 59.3 Å². The Morgan fingerprint density at radius 1 is 1.19 bits per heavy atom. The van der Waals surface area contributed by atoms with Crippen LogP contribution in [0.4, 0.5) is 0 Å². The third-order valence-corrected chi connectivity index (χ3v) is 4.63. The molecule has 4 atom stereocenters. The largest absolute Gasteiger partial charge is 0.373 e. The van der Waals surface area contributed by atoms with Crippen LogP contribution in [-0.2, 0) is 4.74 Å². The van der Waals surface area contributed by atoms with E-state index in [4.69, 9.17) is 10.5 Å². The van der Waals surface area contributed by atoms with E-state index in [1.807, 2.05) is 0 Å². The Labute approximate surface area is 99.9 Å². The summed E-state index contributed by atoms with van der Waals surface area (Å²) in [6, 6.07) is 0.227. The highest BCUT2D eigenvalue weighted by atomic mass is 16.5. The second-order valence-corrected chi connectivity index (χ2v) is 6.62. The number of hydrogen-bond acceptors (Lipinski definition) is 2. The molecule has 16 heavy (non-hydrogen) atoms. The van der Waals surface area contributed by atoms with Gasteiger partial charge in [0.25, 0.3) is 0 Å². The number of hydrogen-bond donors (Lipinski definition) is 1. The molecule has 0 saturated heterocycles. The van der Waals surface area contributed by atoms with Crippen LogP contribution in [-0.4, -0.2) is 18.2 Å². The first-order chi connectivity index (χ1) is 7.49. The van der Waals surface area contributed by atoms with Crippen molar-refractivity contribution in [1.82, 2.24) is 0 Å². The van der Waals surface area contributed by atoms with Gasteiger partial charge in [0.2, 0.25) is 0 Å². The molecule has 0 aliphatic heterocycles. The van der Waals surface area contributed by atoms with Crippen molar-refractivity contribution >= 4 is 0 Å². The van der Waals surface area contributed by atoms with Gasteiger partial charge in [0.1, 0.15) is 0 Å². The first-order valence-electron chi connectivity index (χ1n) is 6.90. The van der Waals surface area contributed by atoms with Crippen LogP contribution >= 0.6 is 0 Å². The van der Waals surface area contributed by atoms with Gasteiger partial charge in [-0.05, 0) is 37.0 Å². The highest BCUT2D eigenvalue weighted by Gasteiger charge is 2.41. The lowest BCUT2D eigenvalue weighted by atomic mass is 9.87. The van der Waals surface area contributed by atoms with E-state index in [-0.39, 0.29) is 11.5 Å². The topological polar surface area (TPSA) is 35.2 Å². The lowest BCUT2D eigenvalue weighted by molar-refractivity contribution is -0.0465. The van der Waals surface area contributed by atoms with E-state index in [0.717, 1.165) is 12.3 Å². The Hall–Kier alpha value is -0.0800. The van der Waals surface area contributed by atoms with E-state index in [2.05, 4.69) is 20.8 Å². The fourth-order valence-corrected chi connectivity index (χ4v) is 3.27. The van der Waals surface area contributed by atoms with Crippen molar-refractivity contribution in [2.24, 2.45) is 17.1 Å². The predicted octanol–water partition coefficient (Wildman–Crippen LogP) is 3.10. The normalized spacial score (nSPS) is 43.5. The fraction of sp³-hybridized carbons (Fsp3) is 1.00. The van der Waals surface area contributed by atoms with Gasteiger partial charge < -0.3 is 10.5 Å². The summed E-state index contributed by atoms with van der Waals surface area (Å²) >= 11 is 0. The van der Waals surface area contributed by atoms with E-state index < -0.39 is 0 Å². The average Bonchev–Trinajstić information content (AvgIpc) is 2.45. The Kier molecular flexibility index (Phi) is 3.60. The van der Waals surface area contributed by atoms with Crippen molar-refractivity contribution in [1.29, 1.82) is 0 Å². The molecule has 2 rings (SSSR count). The Morgan fingerprint density at radius 2 is 1.94 bits per heavy atom. The third-order valence-electron chi connectivity index (χ3n) is 4.63. The van der Waals surface area contributed by atoms with Crippen molar-refractivity contribution in [2.45, 2.75) is 77.5 Å². The molecule has 0 amide bonds. The van der Waals surface area contributed by atoms with Gasteiger partial charge in [-0.1, -0.05) is 33.6 Å². The summed E-state index contributed by atoms with van der Waals surface area (Å²) in [5.41, 5.74) is 6.55. The number of nitrogens with two attached hydrogens (primary N) is 1. The summed E-state index contributed by atoms with van der Waals surface area (Å²) in [4.78, 5) is 0. The predicted molar refractivity (Wildman–Crippen MR) is 67.3 cm³/mol. The summed E-state index contributed by atoms with van der Waals surface area (Å²) in [6.45, 7) is 6.88. The molecule has 0 aromatic rings. The summed E-state index contributed by atoms with van der Waals surface area (Å²) in [6.07, 6.45) is 8.34. The molecule has 2 fully saturated rings. The molecule has 2 aliphatic rings. The smallest absolute Gasteiger partial charge is 0.0735 e. The second-order valence-electron chi connectivity index (χ2n) is 6.62. The minimum atomic E-state index is 0.227. The molecule has 2 heteroatoms. The first-order valence-corrected chi connectivity index (χ1v) is 6.90. The maximum Gasteiger partial charge on any atom is 0.0735 e. The van der Waals surface area contributed by atoms with Crippen LogP contribution < -0.4 is 5.73 Å². The molecule has 0 spiro atoms. The number of rotatable bonds is 2. The lowest BCUT2D eigenvalue weighted by Crippen LogP contribution is -2.43. The van der Waals surface area contributed by atoms with Gasteiger partial charge in [-0.15, -0.1) is 0 Å². The van der Waals surface area contributed by atoms with Gasteiger partial charge in [0.05, 0.1) is 12.2 Å². The van der Waals surface area contributed by atoms with E-state index >= 15 is 0 Å². The summed E-state index contributed by atoms with van der Waals surface area (Å²) in [5, 5.41) is 0. The van der Waals surface area contributed by atoms with Crippen molar-refractivity contribution in [3.63, 3.8) is 0 Å². The van der Waals surface area contributed by atoms with Crippen LogP contribution in [0.3, 0.4) is 0 Å². The van der Waals surface area contributed by atoms with Crippen LogP contribution in [0.25, 0.3) is 0 Å². The Morgan fingerprint density at radius 3 is 2.50 bits per heavy atom. The molecule has 2 saturated carbocycles. The first kappa shape index (κ1) is 12.4. The van der Waals surface area contributed by atoms with Gasteiger partial charge in [-0.2, -0.15) is 0 Å². The van der Waals surface area contributed by atoms with Crippen molar-refractivity contribution in [3.05, 3.63) is 0 Å². The molecule has 0 heterocycles. The van der Waals surface area contributed by atoms with Crippen LogP contribution in [0.2, 0.25) is 0 Å². The van der Waals surface area contributed by atoms with E-state index in [1.54, 1.807) is 0 Å². The van der Waals surface area contributed by atoms with Crippen molar-refractivity contribution < 1.29 is 4.74 Å². The summed E-state index contributed by atoms with van der Waals surface area (Å²) < 4.78 is 6.25. The van der Waals surface area contributed by atoms with Gasteiger partial charge in [0, 0.05) is 6.04 Å². The minimum absolute atomic E-state index is 0.227. The zero-order chi connectivity index (χ0) is 11.8. The molecule has 2 aliphatic carbocycles. The lowest BCUT2D eigenvalue weighted by Gasteiger charge is -2.32. The maximum absolute atomic E-state index is 6.28. The molecule has 0 aromatic carbocycles. The van der Waals surface area contributed by atoms with Crippen molar-refractivity contribution in [2.75, 3.05) is 0 Å². The van der Waals surface area contributed by atoms with Gasteiger partial charge in [0.15, 0.2) is 0 Å².